The topological polar surface area (TPSA) is 63.3 Å². The van der Waals surface area contributed by atoms with Gasteiger partial charge < -0.3 is 10.8 Å². The molecule has 2 rings (SSSR count). The zero-order chi connectivity index (χ0) is 12.4. The number of carbonyl (C=O) groups is 1. The fourth-order valence-electron chi connectivity index (χ4n) is 1.55. The molecule has 3 N–H and O–H groups in total. The normalized spacial score (nSPS) is 10.2. The van der Waals surface area contributed by atoms with Gasteiger partial charge in [0, 0.05) is 5.56 Å². The number of benzene rings is 2. The summed E-state index contributed by atoms with van der Waals surface area (Å²) in [5, 5.41) is 9.93. The van der Waals surface area contributed by atoms with E-state index in [4.69, 9.17) is 17.3 Å². The summed E-state index contributed by atoms with van der Waals surface area (Å²) in [6.07, 6.45) is 0. The quantitative estimate of drug-likeness (QED) is 0.634. The van der Waals surface area contributed by atoms with Crippen molar-refractivity contribution in [1.29, 1.82) is 0 Å². The van der Waals surface area contributed by atoms with Crippen LogP contribution < -0.4 is 5.73 Å². The summed E-state index contributed by atoms with van der Waals surface area (Å²) in [7, 11) is 0. The van der Waals surface area contributed by atoms with Crippen LogP contribution in [0.4, 0.5) is 5.69 Å². The molecule has 0 saturated heterocycles. The average Bonchev–Trinajstić information content (AvgIpc) is 2.32. The molecule has 0 aliphatic rings. The minimum Gasteiger partial charge on any atom is -0.507 e. The van der Waals surface area contributed by atoms with Crippen LogP contribution in [0.5, 0.6) is 5.75 Å². The van der Waals surface area contributed by atoms with Crippen molar-refractivity contribution >= 4 is 23.1 Å². The van der Waals surface area contributed by atoms with Crippen LogP contribution in [0.15, 0.2) is 42.5 Å². The van der Waals surface area contributed by atoms with E-state index in [1.54, 1.807) is 30.3 Å². The van der Waals surface area contributed by atoms with Gasteiger partial charge in [0.2, 0.25) is 0 Å². The summed E-state index contributed by atoms with van der Waals surface area (Å²) in [4.78, 5) is 12.1. The standard InChI is InChI=1S/C13H10ClNO2/c14-10-6-3-5-9(12(10)15)13(17)8-4-1-2-7-11(8)16/h1-7,16H,15H2. The van der Waals surface area contributed by atoms with Crippen LogP contribution in [-0.2, 0) is 0 Å². The average molecular weight is 248 g/mol. The van der Waals surface area contributed by atoms with Crippen molar-refractivity contribution in [2.45, 2.75) is 0 Å². The largest absolute Gasteiger partial charge is 0.507 e. The first-order chi connectivity index (χ1) is 8.11. The number of anilines is 1. The van der Waals surface area contributed by atoms with E-state index < -0.39 is 0 Å². The lowest BCUT2D eigenvalue weighted by Gasteiger charge is -2.07. The van der Waals surface area contributed by atoms with Crippen molar-refractivity contribution in [3.05, 3.63) is 58.6 Å². The van der Waals surface area contributed by atoms with Crippen LogP contribution in [0.3, 0.4) is 0 Å². The number of aromatic hydroxyl groups is 1. The van der Waals surface area contributed by atoms with E-state index in [2.05, 4.69) is 0 Å². The van der Waals surface area contributed by atoms with Gasteiger partial charge in [-0.1, -0.05) is 29.8 Å². The summed E-state index contributed by atoms with van der Waals surface area (Å²) in [5.41, 5.74) is 6.46. The highest BCUT2D eigenvalue weighted by Crippen LogP contribution is 2.27. The Morgan fingerprint density at radius 3 is 2.41 bits per heavy atom. The minimum atomic E-state index is -0.344. The molecule has 0 saturated carbocycles. The zero-order valence-corrected chi connectivity index (χ0v) is 9.61. The Kier molecular flexibility index (Phi) is 3.02. The molecule has 3 nitrogen and oxygen atoms in total. The number of carbonyl (C=O) groups excluding carboxylic acids is 1. The molecule has 0 fully saturated rings. The van der Waals surface area contributed by atoms with E-state index in [-0.39, 0.29) is 22.8 Å². The fourth-order valence-corrected chi connectivity index (χ4v) is 1.72. The SMILES string of the molecule is Nc1c(Cl)cccc1C(=O)c1ccccc1O. The van der Waals surface area contributed by atoms with Gasteiger partial charge in [-0.3, -0.25) is 4.79 Å². The van der Waals surface area contributed by atoms with E-state index in [9.17, 15) is 9.90 Å². The van der Waals surface area contributed by atoms with Gasteiger partial charge in [-0.2, -0.15) is 0 Å². The molecule has 4 heteroatoms. The highest BCUT2D eigenvalue weighted by Gasteiger charge is 2.16. The Morgan fingerprint density at radius 2 is 1.71 bits per heavy atom. The number of para-hydroxylation sites is 2. The minimum absolute atomic E-state index is 0.0723. The summed E-state index contributed by atoms with van der Waals surface area (Å²) >= 11 is 5.85. The second-order valence-electron chi connectivity index (χ2n) is 3.55. The molecule has 0 unspecified atom stereocenters. The first-order valence-electron chi connectivity index (χ1n) is 4.98. The van der Waals surface area contributed by atoms with Crippen LogP contribution in [0.1, 0.15) is 15.9 Å². The molecule has 0 atom stereocenters. The Labute approximate surface area is 103 Å². The third-order valence-electron chi connectivity index (χ3n) is 2.45. The maximum atomic E-state index is 12.1. The van der Waals surface area contributed by atoms with Gasteiger partial charge in [0.05, 0.1) is 16.3 Å². The van der Waals surface area contributed by atoms with Crippen molar-refractivity contribution < 1.29 is 9.90 Å². The van der Waals surface area contributed by atoms with E-state index in [0.717, 1.165) is 0 Å². The Balaban J connectivity index is 2.52. The van der Waals surface area contributed by atoms with Gasteiger partial charge in [-0.15, -0.1) is 0 Å². The van der Waals surface area contributed by atoms with Crippen molar-refractivity contribution in [3.63, 3.8) is 0 Å². The van der Waals surface area contributed by atoms with Crippen LogP contribution in [0.25, 0.3) is 0 Å². The number of nitrogens with two attached hydrogens (primary N) is 1. The van der Waals surface area contributed by atoms with E-state index in [1.807, 2.05) is 0 Å². The maximum absolute atomic E-state index is 12.1. The summed E-state index contributed by atoms with van der Waals surface area (Å²) < 4.78 is 0. The van der Waals surface area contributed by atoms with Gasteiger partial charge in [0.25, 0.3) is 0 Å². The first-order valence-corrected chi connectivity index (χ1v) is 5.35. The lowest BCUT2D eigenvalue weighted by atomic mass is 10.0. The highest BCUT2D eigenvalue weighted by atomic mass is 35.5. The molecule has 0 amide bonds. The number of halogens is 1. The van der Waals surface area contributed by atoms with Crippen molar-refractivity contribution in [1.82, 2.24) is 0 Å². The van der Waals surface area contributed by atoms with Gasteiger partial charge in [0.1, 0.15) is 5.75 Å². The monoisotopic (exact) mass is 247 g/mol. The van der Waals surface area contributed by atoms with Crippen molar-refractivity contribution in [2.24, 2.45) is 0 Å². The van der Waals surface area contributed by atoms with Crippen LogP contribution in [-0.4, -0.2) is 10.9 Å². The molecule has 86 valence electrons. The molecular formula is C13H10ClNO2. The van der Waals surface area contributed by atoms with Gasteiger partial charge in [-0.25, -0.2) is 0 Å². The van der Waals surface area contributed by atoms with E-state index in [1.165, 1.54) is 12.1 Å². The Hall–Kier alpha value is -2.00. The Morgan fingerprint density at radius 1 is 1.06 bits per heavy atom. The van der Waals surface area contributed by atoms with Crippen molar-refractivity contribution in [3.8, 4) is 5.75 Å². The summed E-state index contributed by atoms with van der Waals surface area (Å²) in [6, 6.07) is 11.1. The van der Waals surface area contributed by atoms with Crippen LogP contribution >= 0.6 is 11.6 Å². The van der Waals surface area contributed by atoms with E-state index >= 15 is 0 Å². The molecule has 17 heavy (non-hydrogen) atoms. The molecule has 0 aliphatic heterocycles. The third kappa shape index (κ3) is 2.10. The number of rotatable bonds is 2. The molecule has 0 radical (unpaired) electrons. The lowest BCUT2D eigenvalue weighted by molar-refractivity contribution is 0.103. The predicted molar refractivity (Wildman–Crippen MR) is 67.4 cm³/mol. The number of hydrogen-bond acceptors (Lipinski definition) is 3. The second-order valence-corrected chi connectivity index (χ2v) is 3.95. The molecule has 0 spiro atoms. The molecule has 2 aromatic rings. The molecule has 0 aromatic heterocycles. The van der Waals surface area contributed by atoms with E-state index in [0.29, 0.717) is 10.6 Å². The van der Waals surface area contributed by atoms with Gasteiger partial charge in [-0.05, 0) is 24.3 Å². The number of phenolic OH excluding ortho intramolecular Hbond substituents is 1. The predicted octanol–water partition coefficient (Wildman–Crippen LogP) is 2.86. The van der Waals surface area contributed by atoms with Crippen molar-refractivity contribution in [2.75, 3.05) is 5.73 Å². The maximum Gasteiger partial charge on any atom is 0.198 e. The molecule has 0 aliphatic carbocycles. The molecule has 2 aromatic carbocycles. The van der Waals surface area contributed by atoms with Gasteiger partial charge in [0.15, 0.2) is 5.78 Å². The van der Waals surface area contributed by atoms with Crippen LogP contribution in [0, 0.1) is 0 Å². The lowest BCUT2D eigenvalue weighted by Crippen LogP contribution is -2.05. The number of ketones is 1. The second kappa shape index (κ2) is 4.47. The molecule has 0 bridgehead atoms. The summed E-state index contributed by atoms with van der Waals surface area (Å²) in [5.74, 6) is -0.417. The first kappa shape index (κ1) is 11.5. The highest BCUT2D eigenvalue weighted by molar-refractivity contribution is 6.34. The molecular weight excluding hydrogens is 238 g/mol. The zero-order valence-electron chi connectivity index (χ0n) is 8.85. The third-order valence-corrected chi connectivity index (χ3v) is 2.78. The number of hydrogen-bond donors (Lipinski definition) is 2. The Bertz CT molecular complexity index is 581. The smallest absolute Gasteiger partial charge is 0.198 e. The number of phenols is 1. The fraction of sp³-hybridized carbons (Fsp3) is 0. The number of nitrogen functional groups attached to an aromatic ring is 1. The summed E-state index contributed by atoms with van der Waals surface area (Å²) in [6.45, 7) is 0. The molecule has 0 heterocycles. The van der Waals surface area contributed by atoms with Crippen LogP contribution in [0.2, 0.25) is 5.02 Å². The van der Waals surface area contributed by atoms with Gasteiger partial charge >= 0.3 is 0 Å².